The molecular weight excluding hydrogens is 258 g/mol. The lowest BCUT2D eigenvalue weighted by molar-refractivity contribution is 1.06. The van der Waals surface area contributed by atoms with E-state index in [2.05, 4.69) is 15.3 Å². The van der Waals surface area contributed by atoms with E-state index >= 15 is 0 Å². The maximum atomic E-state index is 4.55. The number of nitrogens with one attached hydrogen (secondary N) is 1. The molecule has 0 aromatic carbocycles. The Balaban J connectivity index is 2.09. The molecule has 0 aliphatic carbocycles. The van der Waals surface area contributed by atoms with Gasteiger partial charge in [-0.1, -0.05) is 36.5 Å². The minimum Gasteiger partial charge on any atom is -0.361 e. The summed E-state index contributed by atoms with van der Waals surface area (Å²) in [7, 11) is 0. The van der Waals surface area contributed by atoms with Crippen molar-refractivity contribution < 1.29 is 0 Å². The minimum absolute atomic E-state index is 0.839. The molecule has 0 atom stereocenters. The largest absolute Gasteiger partial charge is 0.361 e. The standard InChI is InChI=1S/C18H15N3/c1-3-10-16(19-12-6-1)15-9-5-8-14-21-18(15)17-11-4-2-7-13-20-17/h1-14,19H. The molecule has 21 heavy (non-hydrogen) atoms. The van der Waals surface area contributed by atoms with E-state index in [-0.39, 0.29) is 0 Å². The fraction of sp³-hybridized carbons (Fsp3) is 0. The molecule has 0 bridgehead atoms. The van der Waals surface area contributed by atoms with Gasteiger partial charge >= 0.3 is 0 Å². The van der Waals surface area contributed by atoms with Crippen LogP contribution in [0.2, 0.25) is 0 Å². The zero-order chi connectivity index (χ0) is 14.3. The predicted molar refractivity (Wildman–Crippen MR) is 89.0 cm³/mol. The van der Waals surface area contributed by atoms with E-state index in [9.17, 15) is 0 Å². The molecule has 3 heterocycles. The van der Waals surface area contributed by atoms with Gasteiger partial charge in [0.05, 0.1) is 11.4 Å². The fourth-order valence-electron chi connectivity index (χ4n) is 2.08. The summed E-state index contributed by atoms with van der Waals surface area (Å²) in [4.78, 5) is 9.02. The molecule has 0 aromatic heterocycles. The summed E-state index contributed by atoms with van der Waals surface area (Å²) < 4.78 is 0. The van der Waals surface area contributed by atoms with Crippen molar-refractivity contribution in [3.8, 4) is 0 Å². The van der Waals surface area contributed by atoms with Crippen LogP contribution in [0.3, 0.4) is 0 Å². The average Bonchev–Trinajstić information content (AvgIpc) is 3.01. The second-order valence-electron chi connectivity index (χ2n) is 4.47. The molecule has 3 aliphatic rings. The van der Waals surface area contributed by atoms with Crippen molar-refractivity contribution >= 4 is 12.4 Å². The van der Waals surface area contributed by atoms with Crippen LogP contribution in [0.4, 0.5) is 0 Å². The average molecular weight is 273 g/mol. The first-order valence-electron chi connectivity index (χ1n) is 6.78. The van der Waals surface area contributed by atoms with Crippen molar-refractivity contribution in [2.75, 3.05) is 0 Å². The molecule has 0 spiro atoms. The van der Waals surface area contributed by atoms with Gasteiger partial charge in [-0.3, -0.25) is 9.98 Å². The molecule has 0 saturated heterocycles. The van der Waals surface area contributed by atoms with Gasteiger partial charge in [0, 0.05) is 29.9 Å². The highest BCUT2D eigenvalue weighted by atomic mass is 14.9. The van der Waals surface area contributed by atoms with Crippen molar-refractivity contribution in [3.63, 3.8) is 0 Å². The summed E-state index contributed by atoms with van der Waals surface area (Å²) in [5.74, 6) is 0. The van der Waals surface area contributed by atoms with E-state index in [1.165, 1.54) is 0 Å². The third-order valence-electron chi connectivity index (χ3n) is 3.05. The van der Waals surface area contributed by atoms with Gasteiger partial charge in [-0.15, -0.1) is 0 Å². The summed E-state index contributed by atoms with van der Waals surface area (Å²) in [6.07, 6.45) is 27.2. The van der Waals surface area contributed by atoms with Crippen molar-refractivity contribution in [2.24, 2.45) is 9.98 Å². The normalized spacial score (nSPS) is 23.2. The second kappa shape index (κ2) is 6.48. The van der Waals surface area contributed by atoms with Gasteiger partial charge in [-0.2, -0.15) is 0 Å². The predicted octanol–water partition coefficient (Wildman–Crippen LogP) is 3.52. The Kier molecular flexibility index (Phi) is 4.03. The van der Waals surface area contributed by atoms with Crippen LogP contribution in [-0.2, 0) is 0 Å². The zero-order valence-corrected chi connectivity index (χ0v) is 11.5. The molecule has 0 unspecified atom stereocenters. The molecule has 0 aromatic rings. The van der Waals surface area contributed by atoms with Crippen LogP contribution in [0.5, 0.6) is 0 Å². The highest BCUT2D eigenvalue weighted by Gasteiger charge is 2.14. The van der Waals surface area contributed by atoms with E-state index in [1.54, 1.807) is 12.4 Å². The van der Waals surface area contributed by atoms with Crippen LogP contribution in [0.25, 0.3) is 0 Å². The number of hydrogen-bond acceptors (Lipinski definition) is 3. The third kappa shape index (κ3) is 3.15. The van der Waals surface area contributed by atoms with E-state index in [1.807, 2.05) is 73.0 Å². The summed E-state index contributed by atoms with van der Waals surface area (Å²) >= 11 is 0. The monoisotopic (exact) mass is 273 g/mol. The van der Waals surface area contributed by atoms with E-state index < -0.39 is 0 Å². The number of hydrogen-bond donors (Lipinski definition) is 1. The first-order chi connectivity index (χ1) is 10.4. The van der Waals surface area contributed by atoms with Crippen molar-refractivity contribution in [1.29, 1.82) is 0 Å². The lowest BCUT2D eigenvalue weighted by Gasteiger charge is -2.12. The lowest BCUT2D eigenvalue weighted by Crippen LogP contribution is -2.09. The van der Waals surface area contributed by atoms with Gasteiger partial charge in [-0.25, -0.2) is 0 Å². The molecule has 0 saturated carbocycles. The first kappa shape index (κ1) is 13.1. The van der Waals surface area contributed by atoms with E-state index in [0.717, 1.165) is 22.7 Å². The maximum Gasteiger partial charge on any atom is 0.0979 e. The molecule has 0 fully saturated rings. The van der Waals surface area contributed by atoms with Crippen molar-refractivity contribution in [3.05, 3.63) is 95.7 Å². The fourth-order valence-corrected chi connectivity index (χ4v) is 2.08. The summed E-state index contributed by atoms with van der Waals surface area (Å²) in [6, 6.07) is 0. The zero-order valence-electron chi connectivity index (χ0n) is 11.5. The first-order valence-corrected chi connectivity index (χ1v) is 6.78. The Hall–Kier alpha value is -2.94. The number of aliphatic imine (C=N–C) groups is 2. The molecule has 102 valence electrons. The van der Waals surface area contributed by atoms with Crippen molar-refractivity contribution in [1.82, 2.24) is 5.32 Å². The van der Waals surface area contributed by atoms with Gasteiger partial charge in [0.2, 0.25) is 0 Å². The van der Waals surface area contributed by atoms with Gasteiger partial charge in [0.1, 0.15) is 0 Å². The Morgan fingerprint density at radius 1 is 0.714 bits per heavy atom. The topological polar surface area (TPSA) is 36.8 Å². The van der Waals surface area contributed by atoms with Crippen LogP contribution >= 0.6 is 0 Å². The molecule has 0 amide bonds. The van der Waals surface area contributed by atoms with Gasteiger partial charge in [-0.05, 0) is 30.4 Å². The molecular formula is C18H15N3. The SMILES string of the molecule is C1=CC=NC(=C2N=CC=CC=C2C2=CC=CC=CN2)C=C1. The Morgan fingerprint density at radius 3 is 2.52 bits per heavy atom. The van der Waals surface area contributed by atoms with Gasteiger partial charge < -0.3 is 5.32 Å². The molecule has 3 nitrogen and oxygen atoms in total. The maximum absolute atomic E-state index is 4.55. The second-order valence-corrected chi connectivity index (χ2v) is 4.47. The smallest absolute Gasteiger partial charge is 0.0979 e. The van der Waals surface area contributed by atoms with Crippen molar-refractivity contribution in [2.45, 2.75) is 0 Å². The van der Waals surface area contributed by atoms with Crippen LogP contribution in [0.1, 0.15) is 0 Å². The summed E-state index contributed by atoms with van der Waals surface area (Å²) in [6.45, 7) is 0. The van der Waals surface area contributed by atoms with Crippen LogP contribution < -0.4 is 5.32 Å². The molecule has 0 radical (unpaired) electrons. The number of allylic oxidation sites excluding steroid dienone is 11. The van der Waals surface area contributed by atoms with E-state index in [0.29, 0.717) is 0 Å². The summed E-state index contributed by atoms with van der Waals surface area (Å²) in [5, 5.41) is 3.28. The molecule has 3 rings (SSSR count). The van der Waals surface area contributed by atoms with Gasteiger partial charge in [0.15, 0.2) is 0 Å². The lowest BCUT2D eigenvalue weighted by atomic mass is 10.1. The number of nitrogens with zero attached hydrogens (tertiary/aromatic N) is 2. The minimum atomic E-state index is 0.839. The summed E-state index contributed by atoms with van der Waals surface area (Å²) in [5.41, 5.74) is 3.69. The highest BCUT2D eigenvalue weighted by molar-refractivity contribution is 5.78. The third-order valence-corrected chi connectivity index (χ3v) is 3.05. The molecule has 3 heteroatoms. The van der Waals surface area contributed by atoms with Crippen LogP contribution in [0, 0.1) is 0 Å². The number of rotatable bonds is 1. The molecule has 3 aliphatic heterocycles. The Morgan fingerprint density at radius 2 is 1.52 bits per heavy atom. The van der Waals surface area contributed by atoms with E-state index in [4.69, 9.17) is 0 Å². The Bertz CT molecular complexity index is 700. The van der Waals surface area contributed by atoms with Gasteiger partial charge in [0.25, 0.3) is 0 Å². The van der Waals surface area contributed by atoms with Crippen LogP contribution in [0.15, 0.2) is 106 Å². The Labute approximate surface area is 124 Å². The molecule has 1 N–H and O–H groups in total. The van der Waals surface area contributed by atoms with Crippen LogP contribution in [-0.4, -0.2) is 12.4 Å². The quantitative estimate of drug-likeness (QED) is 0.779. The highest BCUT2D eigenvalue weighted by Crippen LogP contribution is 2.26.